The number of nitrogens with one attached hydrogen (secondary N) is 1. The molecular weight excluding hydrogens is 300 g/mol. The zero-order chi connectivity index (χ0) is 15.9. The van der Waals surface area contributed by atoms with Crippen LogP contribution in [0.15, 0.2) is 12.1 Å². The minimum Gasteiger partial charge on any atom is -0.491 e. The minimum absolute atomic E-state index is 0.594. The van der Waals surface area contributed by atoms with E-state index in [2.05, 4.69) is 17.1 Å². The number of ether oxygens (including phenoxy) is 2. The van der Waals surface area contributed by atoms with E-state index in [0.29, 0.717) is 29.2 Å². The number of nitrogens with zero attached hydrogens (tertiary/aromatic N) is 1. The predicted molar refractivity (Wildman–Crippen MR) is 91.1 cm³/mol. The summed E-state index contributed by atoms with van der Waals surface area (Å²) in [7, 11) is 1.61. The average Bonchev–Trinajstić information content (AvgIpc) is 2.95. The van der Waals surface area contributed by atoms with Gasteiger partial charge in [-0.15, -0.1) is 0 Å². The van der Waals surface area contributed by atoms with Crippen molar-refractivity contribution in [3.05, 3.63) is 22.7 Å². The zero-order valence-electron chi connectivity index (χ0n) is 13.8. The number of hydrogen-bond acceptors (Lipinski definition) is 4. The summed E-state index contributed by atoms with van der Waals surface area (Å²) >= 11 is 6.28. The molecule has 2 rings (SSSR count). The standard InChI is InChI=1S/C17H27ClN2O2/c1-4-20-8-6-7-14(20)12-19-11-13-9-15(18)17(21-3)16(10-13)22-5-2/h9-10,14,19H,4-8,11-12H2,1-3H3/t14-/m1/s1. The third-order valence-electron chi connectivity index (χ3n) is 4.19. The van der Waals surface area contributed by atoms with Crippen molar-refractivity contribution in [1.82, 2.24) is 10.2 Å². The van der Waals surface area contributed by atoms with E-state index in [1.165, 1.54) is 19.4 Å². The normalized spacial score (nSPS) is 18.6. The van der Waals surface area contributed by atoms with Crippen molar-refractivity contribution in [1.29, 1.82) is 0 Å². The second-order valence-corrected chi connectivity index (χ2v) is 6.00. The van der Waals surface area contributed by atoms with Crippen LogP contribution in [-0.4, -0.2) is 44.3 Å². The van der Waals surface area contributed by atoms with Gasteiger partial charge < -0.3 is 14.8 Å². The first-order valence-electron chi connectivity index (χ1n) is 8.13. The lowest BCUT2D eigenvalue weighted by Gasteiger charge is -2.23. The molecule has 1 saturated heterocycles. The van der Waals surface area contributed by atoms with Gasteiger partial charge in [-0.25, -0.2) is 0 Å². The Morgan fingerprint density at radius 2 is 2.18 bits per heavy atom. The molecule has 0 bridgehead atoms. The van der Waals surface area contributed by atoms with Gasteiger partial charge in [0.2, 0.25) is 0 Å². The highest BCUT2D eigenvalue weighted by atomic mass is 35.5. The molecule has 1 aromatic rings. The molecule has 1 atom stereocenters. The van der Waals surface area contributed by atoms with Crippen molar-refractivity contribution in [3.63, 3.8) is 0 Å². The van der Waals surface area contributed by atoms with E-state index in [1.54, 1.807) is 7.11 Å². The fourth-order valence-corrected chi connectivity index (χ4v) is 3.42. The van der Waals surface area contributed by atoms with Crippen LogP contribution in [0, 0.1) is 0 Å². The Morgan fingerprint density at radius 3 is 2.86 bits per heavy atom. The van der Waals surface area contributed by atoms with Crippen LogP contribution in [0.3, 0.4) is 0 Å². The van der Waals surface area contributed by atoms with E-state index in [4.69, 9.17) is 21.1 Å². The molecule has 0 spiro atoms. The Morgan fingerprint density at radius 1 is 1.36 bits per heavy atom. The van der Waals surface area contributed by atoms with E-state index in [1.807, 2.05) is 19.1 Å². The summed E-state index contributed by atoms with van der Waals surface area (Å²) in [6, 6.07) is 4.61. The number of likely N-dealkylation sites (tertiary alicyclic amines) is 1. The second-order valence-electron chi connectivity index (χ2n) is 5.60. The third-order valence-corrected chi connectivity index (χ3v) is 4.47. The molecule has 1 aliphatic heterocycles. The topological polar surface area (TPSA) is 33.7 Å². The molecule has 0 aliphatic carbocycles. The monoisotopic (exact) mass is 326 g/mol. The van der Waals surface area contributed by atoms with E-state index < -0.39 is 0 Å². The summed E-state index contributed by atoms with van der Waals surface area (Å²) in [5.41, 5.74) is 1.12. The van der Waals surface area contributed by atoms with Crippen molar-refractivity contribution in [2.45, 2.75) is 39.3 Å². The number of rotatable bonds is 8. The fraction of sp³-hybridized carbons (Fsp3) is 0.647. The van der Waals surface area contributed by atoms with Crippen LogP contribution in [0.4, 0.5) is 0 Å². The fourth-order valence-electron chi connectivity index (χ4n) is 3.11. The van der Waals surface area contributed by atoms with Gasteiger partial charge in [0, 0.05) is 19.1 Å². The first-order valence-corrected chi connectivity index (χ1v) is 8.51. The van der Waals surface area contributed by atoms with Gasteiger partial charge in [0.15, 0.2) is 11.5 Å². The lowest BCUT2D eigenvalue weighted by molar-refractivity contribution is 0.260. The van der Waals surface area contributed by atoms with Gasteiger partial charge >= 0.3 is 0 Å². The Hall–Kier alpha value is -0.970. The Labute approximate surface area is 138 Å². The number of halogens is 1. The van der Waals surface area contributed by atoms with E-state index in [-0.39, 0.29) is 0 Å². The molecule has 0 amide bonds. The maximum atomic E-state index is 6.28. The van der Waals surface area contributed by atoms with Gasteiger partial charge in [-0.05, 0) is 50.6 Å². The highest BCUT2D eigenvalue weighted by Gasteiger charge is 2.22. The summed E-state index contributed by atoms with van der Waals surface area (Å²) in [6.07, 6.45) is 2.59. The van der Waals surface area contributed by atoms with Gasteiger partial charge in [0.1, 0.15) is 0 Å². The van der Waals surface area contributed by atoms with E-state index >= 15 is 0 Å². The number of hydrogen-bond donors (Lipinski definition) is 1. The highest BCUT2D eigenvalue weighted by Crippen LogP contribution is 2.36. The van der Waals surface area contributed by atoms with Crippen molar-refractivity contribution in [2.24, 2.45) is 0 Å². The molecule has 0 radical (unpaired) electrons. The summed E-state index contributed by atoms with van der Waals surface area (Å²) in [5, 5.41) is 4.14. The molecule has 0 aromatic heterocycles. The Bertz CT molecular complexity index is 482. The van der Waals surface area contributed by atoms with Crippen molar-refractivity contribution in [2.75, 3.05) is 33.4 Å². The maximum Gasteiger partial charge on any atom is 0.179 e. The Kier molecular flexibility index (Phi) is 6.80. The first kappa shape index (κ1) is 17.4. The quantitative estimate of drug-likeness (QED) is 0.794. The molecule has 1 N–H and O–H groups in total. The molecule has 124 valence electrons. The van der Waals surface area contributed by atoms with Gasteiger partial charge in [0.05, 0.1) is 18.7 Å². The predicted octanol–water partition coefficient (Wildman–Crippen LogP) is 3.32. The number of benzene rings is 1. The van der Waals surface area contributed by atoms with E-state index in [9.17, 15) is 0 Å². The van der Waals surface area contributed by atoms with Crippen LogP contribution in [0.25, 0.3) is 0 Å². The number of methoxy groups -OCH3 is 1. The first-order chi connectivity index (χ1) is 10.7. The second kappa shape index (κ2) is 8.61. The molecule has 1 heterocycles. The SMILES string of the molecule is CCOc1cc(CNC[C@H]2CCCN2CC)cc(Cl)c1OC. The van der Waals surface area contributed by atoms with E-state index in [0.717, 1.165) is 25.2 Å². The largest absolute Gasteiger partial charge is 0.491 e. The average molecular weight is 327 g/mol. The smallest absolute Gasteiger partial charge is 0.179 e. The molecule has 4 nitrogen and oxygen atoms in total. The van der Waals surface area contributed by atoms with Crippen molar-refractivity contribution < 1.29 is 9.47 Å². The molecule has 22 heavy (non-hydrogen) atoms. The molecule has 1 aromatic carbocycles. The molecule has 1 aliphatic rings. The summed E-state index contributed by atoms with van der Waals surface area (Å²) in [6.45, 7) is 8.95. The Balaban J connectivity index is 1.95. The van der Waals surface area contributed by atoms with Crippen LogP contribution in [0.2, 0.25) is 5.02 Å². The van der Waals surface area contributed by atoms with Gasteiger partial charge in [-0.1, -0.05) is 18.5 Å². The van der Waals surface area contributed by atoms with Gasteiger partial charge in [-0.3, -0.25) is 4.90 Å². The molecule has 1 fully saturated rings. The molecule has 0 saturated carbocycles. The lowest BCUT2D eigenvalue weighted by atomic mass is 10.1. The summed E-state index contributed by atoms with van der Waals surface area (Å²) in [5.74, 6) is 1.32. The van der Waals surface area contributed by atoms with Crippen LogP contribution in [0.1, 0.15) is 32.3 Å². The van der Waals surface area contributed by atoms with Crippen molar-refractivity contribution in [3.8, 4) is 11.5 Å². The summed E-state index contributed by atoms with van der Waals surface area (Å²) < 4.78 is 10.9. The molecule has 5 heteroatoms. The lowest BCUT2D eigenvalue weighted by Crippen LogP contribution is -2.37. The highest BCUT2D eigenvalue weighted by molar-refractivity contribution is 6.32. The van der Waals surface area contributed by atoms with Crippen LogP contribution in [-0.2, 0) is 6.54 Å². The van der Waals surface area contributed by atoms with Gasteiger partial charge in [0.25, 0.3) is 0 Å². The summed E-state index contributed by atoms with van der Waals surface area (Å²) in [4.78, 5) is 2.54. The maximum absolute atomic E-state index is 6.28. The van der Waals surface area contributed by atoms with Crippen LogP contribution in [0.5, 0.6) is 11.5 Å². The van der Waals surface area contributed by atoms with Gasteiger partial charge in [-0.2, -0.15) is 0 Å². The number of likely N-dealkylation sites (N-methyl/N-ethyl adjacent to an activating group) is 1. The van der Waals surface area contributed by atoms with Crippen LogP contribution >= 0.6 is 11.6 Å². The van der Waals surface area contributed by atoms with Crippen molar-refractivity contribution >= 4 is 11.6 Å². The third kappa shape index (κ3) is 4.28. The zero-order valence-corrected chi connectivity index (χ0v) is 14.6. The molecule has 0 unspecified atom stereocenters. The minimum atomic E-state index is 0.594. The van der Waals surface area contributed by atoms with Crippen LogP contribution < -0.4 is 14.8 Å². The molecular formula is C17H27ClN2O2.